The molecule has 2 amide bonds. The maximum absolute atomic E-state index is 14.0. The number of carboxylic acid groups (broad SMARTS) is 2. The van der Waals surface area contributed by atoms with Crippen molar-refractivity contribution in [3.8, 4) is 11.5 Å². The number of β-lactam (4-membered cyclic amide) rings is 1. The molecule has 0 spiro atoms. The summed E-state index contributed by atoms with van der Waals surface area (Å²) in [4.78, 5) is 89.3. The molecular weight excluding hydrogens is 775 g/mol. The zero-order chi connectivity index (χ0) is 39.4. The van der Waals surface area contributed by atoms with Crippen LogP contribution in [-0.4, -0.2) is 126 Å². The third kappa shape index (κ3) is 7.84. The minimum atomic E-state index is -1.91. The summed E-state index contributed by atoms with van der Waals surface area (Å²) in [6.45, 7) is 5.65. The molecule has 0 aliphatic carbocycles. The molecule has 1 unspecified atom stereocenters. The maximum atomic E-state index is 14.0. The molecule has 3 saturated heterocycles. The van der Waals surface area contributed by atoms with E-state index in [1.807, 2.05) is 0 Å². The molecule has 0 saturated carbocycles. The van der Waals surface area contributed by atoms with Gasteiger partial charge in [0.05, 0.1) is 55.1 Å². The summed E-state index contributed by atoms with van der Waals surface area (Å²) in [7, 11) is 0. The number of nitrogens with zero attached hydrogens (tertiary/aromatic N) is 5. The number of rotatable bonds is 12. The largest absolute Gasteiger partial charge is 1.00 e. The second-order valence-corrected chi connectivity index (χ2v) is 16.6. The number of aromatic hydroxyl groups is 2. The van der Waals surface area contributed by atoms with Crippen LogP contribution in [0.2, 0.25) is 0 Å². The fourth-order valence-corrected chi connectivity index (χ4v) is 9.47. The van der Waals surface area contributed by atoms with Crippen LogP contribution >= 0.6 is 23.1 Å². The first-order valence-corrected chi connectivity index (χ1v) is 18.7. The molecule has 0 radical (unpaired) electrons. The second kappa shape index (κ2) is 15.8. The van der Waals surface area contributed by atoms with Crippen molar-refractivity contribution in [3.05, 3.63) is 45.9 Å². The van der Waals surface area contributed by atoms with Gasteiger partial charge < -0.3 is 50.0 Å². The van der Waals surface area contributed by atoms with E-state index < -0.39 is 86.8 Å². The van der Waals surface area contributed by atoms with Crippen molar-refractivity contribution in [3.63, 3.8) is 0 Å². The maximum Gasteiger partial charge on any atom is 1.00 e. The number of piperazine rings is 1. The van der Waals surface area contributed by atoms with Crippen molar-refractivity contribution >= 4 is 69.3 Å². The number of ketones is 2. The first-order chi connectivity index (χ1) is 25.3. The van der Waals surface area contributed by atoms with E-state index in [0.29, 0.717) is 35.6 Å². The number of carboxylic acids is 2. The van der Waals surface area contributed by atoms with Gasteiger partial charge in [0.2, 0.25) is 5.91 Å². The Labute approximate surface area is 343 Å². The summed E-state index contributed by atoms with van der Waals surface area (Å²) >= 11 is 2.31. The van der Waals surface area contributed by atoms with Gasteiger partial charge in [0.15, 0.2) is 39.5 Å². The predicted octanol–water partition coefficient (Wildman–Crippen LogP) is -3.88. The Morgan fingerprint density at radius 1 is 1.18 bits per heavy atom. The topological polar surface area (TPSA) is 256 Å². The molecule has 17 nitrogen and oxygen atoms in total. The van der Waals surface area contributed by atoms with Gasteiger partial charge in [0.25, 0.3) is 11.7 Å². The minimum absolute atomic E-state index is 0. The van der Waals surface area contributed by atoms with Crippen molar-refractivity contribution in [1.29, 1.82) is 0 Å². The van der Waals surface area contributed by atoms with E-state index in [1.54, 1.807) is 6.92 Å². The van der Waals surface area contributed by atoms with E-state index in [2.05, 4.69) is 10.1 Å². The van der Waals surface area contributed by atoms with Crippen LogP contribution in [0.25, 0.3) is 0 Å². The van der Waals surface area contributed by atoms with Gasteiger partial charge in [-0.2, -0.15) is 0 Å². The molecule has 288 valence electrons. The Hall–Kier alpha value is -4.08. The average molecular weight is 811 g/mol. The quantitative estimate of drug-likeness (QED) is 0.0271. The number of aromatic nitrogens is 1. The molecular formula is C34H36FN6NaO11S2. The van der Waals surface area contributed by atoms with E-state index in [1.165, 1.54) is 35.9 Å². The van der Waals surface area contributed by atoms with Crippen molar-refractivity contribution in [2.75, 3.05) is 38.5 Å². The molecule has 1 aromatic carbocycles. The van der Waals surface area contributed by atoms with Crippen LogP contribution in [0.1, 0.15) is 56.1 Å². The van der Waals surface area contributed by atoms with Crippen LogP contribution in [0.15, 0.2) is 33.9 Å². The molecule has 4 N–H and O–H groups in total. The van der Waals surface area contributed by atoms with Crippen molar-refractivity contribution < 1.29 is 92.5 Å². The number of oxime groups is 1. The number of phenols is 2. The zero-order valence-corrected chi connectivity index (χ0v) is 33.9. The number of halogens is 1. The monoisotopic (exact) mass is 810 g/mol. The second-order valence-electron chi connectivity index (χ2n) is 14.2. The standard InChI is InChI=1S/C34H37FN6O11S2.Na/c1-15-19(13-41-7-4-5-17(41)12-39(6-8-41)29(47)26(44)16-9-20(35)27(45)23(43)10-16)25(31(48)49)40-28(46)18(30(40)54-15)11-22(42)24(21-14-53-33(36)37-21)38-52-34(2,3)32(50)51;/h9-10,14-15,17-18,30H,4-8,11-13H2,1-3H3,(H5-,36,37,38,42,43,44,45,47,48,49,50,51);/q;+1/p-1/t15-,17-,18+,30+,41?;/m0./s1. The fourth-order valence-electron chi connectivity index (χ4n) is 7.42. The number of quaternary nitrogens is 1. The number of nitrogen functional groups attached to an aromatic ring is 1. The van der Waals surface area contributed by atoms with E-state index >= 15 is 0 Å². The fraction of sp³-hybridized carbons (Fsp3) is 0.471. The molecule has 5 heterocycles. The van der Waals surface area contributed by atoms with Gasteiger partial charge in [0, 0.05) is 41.0 Å². The Kier molecular flexibility index (Phi) is 12.1. The molecule has 6 rings (SSSR count). The number of hydrogen-bond donors (Lipinski definition) is 3. The van der Waals surface area contributed by atoms with Gasteiger partial charge >= 0.3 is 29.6 Å². The van der Waals surface area contributed by atoms with Crippen LogP contribution in [0.3, 0.4) is 0 Å². The first-order valence-electron chi connectivity index (χ1n) is 16.9. The average Bonchev–Trinajstić information content (AvgIpc) is 3.74. The van der Waals surface area contributed by atoms with Crippen LogP contribution in [0, 0.1) is 11.7 Å². The number of hydrogen-bond acceptors (Lipinski definition) is 16. The summed E-state index contributed by atoms with van der Waals surface area (Å²) in [6, 6.07) is 1.30. The van der Waals surface area contributed by atoms with E-state index in [4.69, 9.17) is 10.6 Å². The molecule has 1 aromatic heterocycles. The predicted molar refractivity (Wildman–Crippen MR) is 185 cm³/mol. The minimum Gasteiger partial charge on any atom is -0.546 e. The zero-order valence-electron chi connectivity index (χ0n) is 30.3. The number of benzene rings is 1. The number of thioether (sulfide) groups is 1. The number of carbonyl (C=O) groups is 6. The number of thiazole rings is 1. The van der Waals surface area contributed by atoms with E-state index in [9.17, 15) is 53.6 Å². The van der Waals surface area contributed by atoms with Crippen LogP contribution in [-0.2, 0) is 28.8 Å². The van der Waals surface area contributed by atoms with E-state index in [0.717, 1.165) is 28.7 Å². The van der Waals surface area contributed by atoms with Crippen molar-refractivity contribution in [1.82, 2.24) is 14.8 Å². The molecule has 5 atom stereocenters. The summed E-state index contributed by atoms with van der Waals surface area (Å²) in [5.41, 5.74) is 3.25. The molecule has 55 heavy (non-hydrogen) atoms. The Morgan fingerprint density at radius 3 is 2.51 bits per heavy atom. The SMILES string of the molecule is C[C@@H]1S[C@@H]2[C@H](CC(=O)/C(=N\OC(C)(C)C(=O)[O-])c3csc(N)n3)C(=O)N2C(C(=O)[O-])=C1C[N+]12CCC[C@H]1CN(C(=O)C(=O)c1cc(O)c(O)c(F)c1)CC2.[Na+]. The molecule has 2 aromatic rings. The molecule has 3 fully saturated rings. The van der Waals surface area contributed by atoms with Gasteiger partial charge in [-0.1, -0.05) is 5.16 Å². The number of aliphatic carboxylic acids is 2. The van der Waals surface area contributed by atoms with Crippen LogP contribution in [0.4, 0.5) is 9.52 Å². The third-order valence-corrected chi connectivity index (χ3v) is 12.6. The summed E-state index contributed by atoms with van der Waals surface area (Å²) in [5, 5.41) is 47.6. The van der Waals surface area contributed by atoms with Crippen LogP contribution in [0.5, 0.6) is 11.5 Å². The van der Waals surface area contributed by atoms with Crippen molar-refractivity contribution in [2.45, 2.75) is 62.3 Å². The number of nitrogens with two attached hydrogens (primary N) is 1. The van der Waals surface area contributed by atoms with Gasteiger partial charge in [-0.05, 0) is 32.9 Å². The molecule has 21 heteroatoms. The molecule has 4 aliphatic rings. The van der Waals surface area contributed by atoms with Gasteiger partial charge in [0.1, 0.15) is 18.3 Å². The number of amides is 2. The van der Waals surface area contributed by atoms with Gasteiger partial charge in [-0.15, -0.1) is 23.1 Å². The molecule has 4 aliphatic heterocycles. The number of anilines is 1. The first kappa shape index (κ1) is 42.1. The van der Waals surface area contributed by atoms with Gasteiger partial charge in [-0.25, -0.2) is 9.37 Å². The number of Topliss-reactive ketones (excluding diaryl/α,β-unsaturated/α-hetero) is 2. The summed E-state index contributed by atoms with van der Waals surface area (Å²) in [6.07, 6.45) is 0.999. The van der Waals surface area contributed by atoms with E-state index in [-0.39, 0.29) is 77.5 Å². The Balaban J connectivity index is 0.00000580. The Bertz CT molecular complexity index is 2020. The van der Waals surface area contributed by atoms with Crippen LogP contribution < -0.4 is 45.5 Å². The Morgan fingerprint density at radius 2 is 1.89 bits per heavy atom. The third-order valence-electron chi connectivity index (χ3n) is 10.5. The van der Waals surface area contributed by atoms with Gasteiger partial charge in [-0.3, -0.25) is 24.1 Å². The molecule has 0 bridgehead atoms. The summed E-state index contributed by atoms with van der Waals surface area (Å²) < 4.78 is 14.4. The smallest absolute Gasteiger partial charge is 0.546 e. The summed E-state index contributed by atoms with van der Waals surface area (Å²) in [5.74, 6) is -10.6. The number of fused-ring (bicyclic) bond motifs is 2. The number of phenolic OH excluding ortho intramolecular Hbond substituents is 2. The van der Waals surface area contributed by atoms with Crippen molar-refractivity contribution in [2.24, 2.45) is 11.1 Å². The number of carbonyl (C=O) groups excluding carboxylic acids is 6. The normalized spacial score (nSPS) is 25.0.